The van der Waals surface area contributed by atoms with Crippen LogP contribution in [0.2, 0.25) is 6.32 Å². The van der Waals surface area contributed by atoms with Gasteiger partial charge in [0.2, 0.25) is 0 Å². The van der Waals surface area contributed by atoms with E-state index in [0.717, 1.165) is 39.6 Å². The number of hydrogen-bond acceptors (Lipinski definition) is 6. The number of aromatic hydroxyl groups is 1. The first-order valence-corrected chi connectivity index (χ1v) is 15.5. The van der Waals surface area contributed by atoms with Gasteiger partial charge in [0.25, 0.3) is 0 Å². The Morgan fingerprint density at radius 2 is 1.66 bits per heavy atom. The number of aromatic nitrogens is 1. The van der Waals surface area contributed by atoms with Crippen LogP contribution < -0.4 is 0 Å². The van der Waals surface area contributed by atoms with Crippen molar-refractivity contribution < 1.29 is 24.4 Å². The van der Waals surface area contributed by atoms with E-state index in [9.17, 15) is 19.7 Å². The summed E-state index contributed by atoms with van der Waals surface area (Å²) in [4.78, 5) is 32.2. The Morgan fingerprint density at radius 1 is 0.932 bits per heavy atom. The van der Waals surface area contributed by atoms with E-state index in [4.69, 9.17) is 4.65 Å². The second-order valence-electron chi connectivity index (χ2n) is 12.1. The minimum absolute atomic E-state index is 0.00369. The van der Waals surface area contributed by atoms with Crippen LogP contribution in [-0.4, -0.2) is 39.9 Å². The third-order valence-corrected chi connectivity index (χ3v) is 9.72. The van der Waals surface area contributed by atoms with Crippen molar-refractivity contribution in [1.82, 2.24) is 4.98 Å². The number of carbonyl (C=O) groups is 2. The summed E-state index contributed by atoms with van der Waals surface area (Å²) in [5.74, 6) is -0.860. The largest absolute Gasteiger partial charge is 0.507 e. The highest BCUT2D eigenvalue weighted by atomic mass is 16.5. The maximum Gasteiger partial charge on any atom is 0.455 e. The Labute approximate surface area is 257 Å². The van der Waals surface area contributed by atoms with Gasteiger partial charge in [-0.25, -0.2) is 0 Å². The molecule has 220 valence electrons. The summed E-state index contributed by atoms with van der Waals surface area (Å²) >= 11 is 0. The molecule has 1 fully saturated rings. The minimum Gasteiger partial charge on any atom is -0.507 e. The fraction of sp³-hybridized carbons (Fsp3) is 0.270. The summed E-state index contributed by atoms with van der Waals surface area (Å²) in [6.45, 7) is 2.10. The molecule has 7 heteroatoms. The van der Waals surface area contributed by atoms with E-state index in [1.165, 1.54) is 5.57 Å². The molecule has 2 N–H and O–H groups in total. The maximum absolute atomic E-state index is 13.9. The van der Waals surface area contributed by atoms with Crippen LogP contribution in [0.4, 0.5) is 0 Å². The van der Waals surface area contributed by atoms with Crippen molar-refractivity contribution in [3.63, 3.8) is 0 Å². The maximum atomic E-state index is 13.9. The van der Waals surface area contributed by atoms with Gasteiger partial charge in [-0.1, -0.05) is 73.2 Å². The van der Waals surface area contributed by atoms with Crippen LogP contribution in [0.3, 0.4) is 0 Å². The lowest BCUT2D eigenvalue weighted by Gasteiger charge is -2.47. The zero-order chi connectivity index (χ0) is 30.4. The molecule has 0 bridgehead atoms. The average Bonchev–Trinajstić information content (AvgIpc) is 3.06. The summed E-state index contributed by atoms with van der Waals surface area (Å²) in [5.41, 5.74) is 6.10. The van der Waals surface area contributed by atoms with Gasteiger partial charge in [0.1, 0.15) is 5.75 Å². The highest BCUT2D eigenvalue weighted by Gasteiger charge is 2.53. The number of Topliss-reactive ketones (excluding diaryl/α,β-unsaturated/α-hetero) is 2. The first-order chi connectivity index (χ1) is 21.4. The van der Waals surface area contributed by atoms with Gasteiger partial charge in [-0.3, -0.25) is 14.6 Å². The van der Waals surface area contributed by atoms with Crippen LogP contribution in [-0.2, 0) is 4.65 Å². The lowest BCUT2D eigenvalue weighted by Crippen LogP contribution is -2.50. The smallest absolute Gasteiger partial charge is 0.455 e. The molecule has 0 spiro atoms. The van der Waals surface area contributed by atoms with Crippen molar-refractivity contribution >= 4 is 41.1 Å². The number of ketones is 2. The first kappa shape index (κ1) is 28.4. The van der Waals surface area contributed by atoms with E-state index in [0.29, 0.717) is 36.7 Å². The van der Waals surface area contributed by atoms with Gasteiger partial charge in [0, 0.05) is 34.5 Å². The Bertz CT molecular complexity index is 1830. The number of rotatable bonds is 6. The third kappa shape index (κ3) is 4.90. The van der Waals surface area contributed by atoms with E-state index in [1.54, 1.807) is 24.4 Å². The molecule has 3 aromatic carbocycles. The van der Waals surface area contributed by atoms with E-state index < -0.39 is 19.0 Å². The number of allylic oxidation sites excluding steroid dienone is 2. The molecule has 3 aliphatic rings. The molecule has 4 aromatic rings. The van der Waals surface area contributed by atoms with Gasteiger partial charge in [-0.05, 0) is 84.3 Å². The zero-order valence-corrected chi connectivity index (χ0v) is 24.6. The molecule has 1 aromatic heterocycles. The Balaban J connectivity index is 1.25. The molecule has 0 unspecified atom stereocenters. The van der Waals surface area contributed by atoms with Crippen LogP contribution in [0.1, 0.15) is 64.6 Å². The summed E-state index contributed by atoms with van der Waals surface area (Å²) in [7, 11) is -1.02. The Hall–Kier alpha value is -4.33. The van der Waals surface area contributed by atoms with Gasteiger partial charge in [0.05, 0.1) is 11.8 Å². The third-order valence-electron chi connectivity index (χ3n) is 9.72. The molecule has 4 atom stereocenters. The number of benzene rings is 3. The molecular weight excluding hydrogens is 549 g/mol. The van der Waals surface area contributed by atoms with Crippen molar-refractivity contribution in [1.29, 1.82) is 0 Å². The van der Waals surface area contributed by atoms with Crippen molar-refractivity contribution in [3.05, 3.63) is 119 Å². The standard InChI is InChI=1S/C37H34BNO5/c1-2-22-20-29-35(37(42)28-12-6-5-11-27(28)36(29)41)30-21-38(43)44-33(34(22)30)17-15-24(31-13-7-8-18-39-31)19-23-14-16-32(40)26-10-4-3-9-25(23)26/h3-14,16,18-19,29-30,33,35,40,43H,2,15,17,20-21H2,1H3/b24-19-/t29-,30+,33-,35-/m1/s1. The Morgan fingerprint density at radius 3 is 2.41 bits per heavy atom. The molecule has 6 nitrogen and oxygen atoms in total. The lowest BCUT2D eigenvalue weighted by atomic mass is 9.54. The molecule has 0 saturated carbocycles. The van der Waals surface area contributed by atoms with Crippen molar-refractivity contribution in [3.8, 4) is 5.75 Å². The van der Waals surface area contributed by atoms with Gasteiger partial charge in [-0.2, -0.15) is 0 Å². The highest BCUT2D eigenvalue weighted by molar-refractivity contribution is 6.43. The van der Waals surface area contributed by atoms with Gasteiger partial charge >= 0.3 is 7.12 Å². The van der Waals surface area contributed by atoms with Crippen LogP contribution >= 0.6 is 0 Å². The number of hydrogen-bond donors (Lipinski definition) is 2. The SMILES string of the molecule is CCC1=C2[C@@H](CC/C(=C/c3ccc(O)c4ccccc34)c3ccccn3)OB(O)C[C@@H]2[C@@H]2C(=O)c3ccccc3C(=O)[C@@H]2C1. The summed E-state index contributed by atoms with van der Waals surface area (Å²) in [5, 5.41) is 23.2. The van der Waals surface area contributed by atoms with Gasteiger partial charge < -0.3 is 14.8 Å². The number of fused-ring (bicyclic) bond motifs is 5. The predicted molar refractivity (Wildman–Crippen MR) is 172 cm³/mol. The molecule has 1 saturated heterocycles. The second-order valence-corrected chi connectivity index (χ2v) is 12.1. The van der Waals surface area contributed by atoms with E-state index in [1.807, 2.05) is 60.7 Å². The summed E-state index contributed by atoms with van der Waals surface area (Å²) in [6.07, 6.45) is 6.32. The van der Waals surface area contributed by atoms with Crippen LogP contribution in [0, 0.1) is 17.8 Å². The van der Waals surface area contributed by atoms with Crippen LogP contribution in [0.5, 0.6) is 5.75 Å². The quantitative estimate of drug-likeness (QED) is 0.184. The summed E-state index contributed by atoms with van der Waals surface area (Å²) in [6, 6.07) is 24.4. The lowest BCUT2D eigenvalue weighted by molar-refractivity contribution is 0.0600. The molecule has 0 amide bonds. The zero-order valence-electron chi connectivity index (χ0n) is 24.6. The molecular formula is C37H34BNO5. The number of phenolic OH excluding ortho intramolecular Hbond substituents is 1. The normalized spacial score (nSPS) is 23.4. The second kappa shape index (κ2) is 11.6. The molecule has 0 radical (unpaired) electrons. The van der Waals surface area contributed by atoms with E-state index in [2.05, 4.69) is 18.0 Å². The molecule has 2 heterocycles. The van der Waals surface area contributed by atoms with Crippen LogP contribution in [0.25, 0.3) is 22.4 Å². The monoisotopic (exact) mass is 583 g/mol. The van der Waals surface area contributed by atoms with Gasteiger partial charge in [0.15, 0.2) is 11.6 Å². The summed E-state index contributed by atoms with van der Waals surface area (Å²) < 4.78 is 6.24. The van der Waals surface area contributed by atoms with Gasteiger partial charge in [-0.15, -0.1) is 0 Å². The molecule has 7 rings (SSSR count). The van der Waals surface area contributed by atoms with Crippen molar-refractivity contribution in [2.24, 2.45) is 17.8 Å². The number of nitrogens with zero attached hydrogens (tertiary/aromatic N) is 1. The van der Waals surface area contributed by atoms with E-state index >= 15 is 0 Å². The number of pyridine rings is 1. The first-order valence-electron chi connectivity index (χ1n) is 15.5. The fourth-order valence-corrected chi connectivity index (χ4v) is 7.74. The minimum atomic E-state index is -1.02. The highest BCUT2D eigenvalue weighted by Crippen LogP contribution is 2.51. The van der Waals surface area contributed by atoms with E-state index in [-0.39, 0.29) is 29.3 Å². The number of phenols is 1. The molecule has 2 aliphatic carbocycles. The fourth-order valence-electron chi connectivity index (χ4n) is 7.74. The van der Waals surface area contributed by atoms with Crippen molar-refractivity contribution in [2.75, 3.05) is 0 Å². The Kier molecular flexibility index (Phi) is 7.52. The van der Waals surface area contributed by atoms with Crippen molar-refractivity contribution in [2.45, 2.75) is 45.0 Å². The molecule has 1 aliphatic heterocycles. The predicted octanol–water partition coefficient (Wildman–Crippen LogP) is 7.18. The van der Waals surface area contributed by atoms with Crippen LogP contribution in [0.15, 0.2) is 96.2 Å². The number of carbonyl (C=O) groups excluding carboxylic acids is 2. The topological polar surface area (TPSA) is 96.7 Å². The molecule has 44 heavy (non-hydrogen) atoms. The average molecular weight is 583 g/mol.